The number of fused-ring (bicyclic) bond motifs is 1. The molecule has 2 heterocycles. The zero-order chi connectivity index (χ0) is 23.7. The van der Waals surface area contributed by atoms with Crippen molar-refractivity contribution in [1.29, 1.82) is 0 Å². The van der Waals surface area contributed by atoms with Crippen LogP contribution in [0, 0.1) is 0 Å². The standard InChI is InChI=1S/C26H15Cl3N2O3/c27-17-4-1-15(2-5-17)23-11-7-19(33-23)8-12-25(32)30-21-13-16(3-9-20(21)29)26-31-22-14-18(28)6-10-24(22)34-26/h1-14H,(H,30,32)/b12-8+. The molecule has 0 saturated heterocycles. The molecule has 0 radical (unpaired) electrons. The Kier molecular flexibility index (Phi) is 6.16. The molecule has 0 spiro atoms. The van der Waals surface area contributed by atoms with Crippen molar-refractivity contribution in [1.82, 2.24) is 4.98 Å². The molecule has 3 aromatic carbocycles. The largest absolute Gasteiger partial charge is 0.457 e. The minimum atomic E-state index is -0.368. The zero-order valence-corrected chi connectivity index (χ0v) is 19.7. The van der Waals surface area contributed by atoms with Crippen molar-refractivity contribution >= 4 is 63.6 Å². The molecule has 2 aromatic heterocycles. The van der Waals surface area contributed by atoms with Gasteiger partial charge in [0.25, 0.3) is 0 Å². The molecule has 0 atom stereocenters. The van der Waals surface area contributed by atoms with E-state index in [1.165, 1.54) is 6.08 Å². The lowest BCUT2D eigenvalue weighted by molar-refractivity contribution is -0.111. The highest BCUT2D eigenvalue weighted by atomic mass is 35.5. The van der Waals surface area contributed by atoms with E-state index in [1.54, 1.807) is 60.7 Å². The summed E-state index contributed by atoms with van der Waals surface area (Å²) in [5, 5.41) is 4.37. The molecule has 168 valence electrons. The molecular formula is C26H15Cl3N2O3. The van der Waals surface area contributed by atoms with E-state index in [0.717, 1.165) is 5.56 Å². The molecule has 0 fully saturated rings. The summed E-state index contributed by atoms with van der Waals surface area (Å²) in [6.07, 6.45) is 2.95. The third-order valence-electron chi connectivity index (χ3n) is 4.98. The Labute approximate surface area is 209 Å². The third-order valence-corrected chi connectivity index (χ3v) is 5.79. The van der Waals surface area contributed by atoms with Crippen LogP contribution in [0.15, 0.2) is 87.7 Å². The summed E-state index contributed by atoms with van der Waals surface area (Å²) < 4.78 is 11.6. The van der Waals surface area contributed by atoms with Gasteiger partial charge in [0.2, 0.25) is 11.8 Å². The number of oxazole rings is 1. The summed E-state index contributed by atoms with van der Waals surface area (Å²) in [6.45, 7) is 0. The molecule has 0 saturated carbocycles. The van der Waals surface area contributed by atoms with E-state index in [1.807, 2.05) is 18.2 Å². The van der Waals surface area contributed by atoms with Crippen LogP contribution in [0.3, 0.4) is 0 Å². The van der Waals surface area contributed by atoms with Gasteiger partial charge in [-0.25, -0.2) is 4.98 Å². The van der Waals surface area contributed by atoms with Gasteiger partial charge in [-0.1, -0.05) is 34.8 Å². The van der Waals surface area contributed by atoms with Crippen molar-refractivity contribution in [3.63, 3.8) is 0 Å². The van der Waals surface area contributed by atoms with Crippen LogP contribution in [0.4, 0.5) is 5.69 Å². The minimum Gasteiger partial charge on any atom is -0.457 e. The number of rotatable bonds is 5. The number of furan rings is 1. The maximum absolute atomic E-state index is 12.5. The van der Waals surface area contributed by atoms with Crippen molar-refractivity contribution in [3.8, 4) is 22.8 Å². The summed E-state index contributed by atoms with van der Waals surface area (Å²) in [5.74, 6) is 1.23. The fourth-order valence-electron chi connectivity index (χ4n) is 3.32. The fraction of sp³-hybridized carbons (Fsp3) is 0. The van der Waals surface area contributed by atoms with Gasteiger partial charge in [0.05, 0.1) is 10.7 Å². The molecule has 1 amide bonds. The molecule has 0 unspecified atom stereocenters. The Hall–Kier alpha value is -3.51. The minimum absolute atomic E-state index is 0.368. The lowest BCUT2D eigenvalue weighted by atomic mass is 10.2. The van der Waals surface area contributed by atoms with Crippen molar-refractivity contribution in [2.45, 2.75) is 0 Å². The Balaban J connectivity index is 1.31. The van der Waals surface area contributed by atoms with E-state index in [4.69, 9.17) is 43.6 Å². The molecule has 0 aliphatic heterocycles. The highest BCUT2D eigenvalue weighted by Gasteiger charge is 2.12. The van der Waals surface area contributed by atoms with E-state index in [-0.39, 0.29) is 5.91 Å². The van der Waals surface area contributed by atoms with Gasteiger partial charge in [0.1, 0.15) is 17.0 Å². The van der Waals surface area contributed by atoms with Gasteiger partial charge in [-0.15, -0.1) is 0 Å². The smallest absolute Gasteiger partial charge is 0.248 e. The molecule has 5 rings (SSSR count). The van der Waals surface area contributed by atoms with Crippen LogP contribution in [0.5, 0.6) is 0 Å². The average Bonchev–Trinajstić information content (AvgIpc) is 3.46. The molecule has 1 N–H and O–H groups in total. The molecule has 8 heteroatoms. The molecule has 0 bridgehead atoms. The maximum Gasteiger partial charge on any atom is 0.248 e. The molecule has 0 aliphatic rings. The van der Waals surface area contributed by atoms with Crippen LogP contribution in [0.25, 0.3) is 40.0 Å². The van der Waals surface area contributed by atoms with Crippen molar-refractivity contribution < 1.29 is 13.6 Å². The normalized spacial score (nSPS) is 11.4. The Morgan fingerprint density at radius 2 is 1.59 bits per heavy atom. The Morgan fingerprint density at radius 3 is 2.41 bits per heavy atom. The van der Waals surface area contributed by atoms with Gasteiger partial charge in [0, 0.05) is 27.2 Å². The topological polar surface area (TPSA) is 68.3 Å². The number of carbonyl (C=O) groups excluding carboxylic acids is 1. The number of carbonyl (C=O) groups is 1. The quantitative estimate of drug-likeness (QED) is 0.242. The highest BCUT2D eigenvalue weighted by molar-refractivity contribution is 6.34. The number of hydrogen-bond donors (Lipinski definition) is 1. The van der Waals surface area contributed by atoms with Gasteiger partial charge in [-0.2, -0.15) is 0 Å². The molecule has 34 heavy (non-hydrogen) atoms. The summed E-state index contributed by atoms with van der Waals surface area (Å²) in [4.78, 5) is 17.0. The van der Waals surface area contributed by atoms with Crippen molar-refractivity contribution in [2.24, 2.45) is 0 Å². The van der Waals surface area contributed by atoms with Crippen LogP contribution in [0.1, 0.15) is 5.76 Å². The monoisotopic (exact) mass is 508 g/mol. The predicted octanol–water partition coefficient (Wildman–Crippen LogP) is 8.37. The average molecular weight is 510 g/mol. The first-order chi connectivity index (χ1) is 16.4. The van der Waals surface area contributed by atoms with Gasteiger partial charge >= 0.3 is 0 Å². The van der Waals surface area contributed by atoms with Crippen LogP contribution < -0.4 is 5.32 Å². The lowest BCUT2D eigenvalue weighted by Crippen LogP contribution is -2.08. The number of nitrogens with zero attached hydrogens (tertiary/aromatic N) is 1. The first-order valence-corrected chi connectivity index (χ1v) is 11.3. The predicted molar refractivity (Wildman–Crippen MR) is 136 cm³/mol. The number of aromatic nitrogens is 1. The van der Waals surface area contributed by atoms with Gasteiger partial charge in [-0.05, 0) is 78.9 Å². The van der Waals surface area contributed by atoms with Crippen molar-refractivity contribution in [2.75, 3.05) is 5.32 Å². The number of halogens is 3. The van der Waals surface area contributed by atoms with Crippen molar-refractivity contribution in [3.05, 3.63) is 99.7 Å². The second-order valence-corrected chi connectivity index (χ2v) is 8.64. The number of anilines is 1. The molecule has 5 aromatic rings. The first kappa shape index (κ1) is 22.3. The van der Waals surface area contributed by atoms with E-state index >= 15 is 0 Å². The summed E-state index contributed by atoms with van der Waals surface area (Å²) >= 11 is 18.2. The Bertz CT molecular complexity index is 1530. The van der Waals surface area contributed by atoms with Crippen LogP contribution in [0.2, 0.25) is 15.1 Å². The van der Waals surface area contributed by atoms with Crippen LogP contribution in [-0.4, -0.2) is 10.9 Å². The summed E-state index contributed by atoms with van der Waals surface area (Å²) in [6, 6.07) is 21.3. The van der Waals surface area contributed by atoms with Crippen LogP contribution in [-0.2, 0) is 4.79 Å². The number of nitrogens with one attached hydrogen (secondary N) is 1. The van der Waals surface area contributed by atoms with E-state index in [0.29, 0.717) is 54.8 Å². The van der Waals surface area contributed by atoms with Gasteiger partial charge in [0.15, 0.2) is 5.58 Å². The summed E-state index contributed by atoms with van der Waals surface area (Å²) in [5.41, 5.74) is 3.23. The highest BCUT2D eigenvalue weighted by Crippen LogP contribution is 2.31. The number of benzene rings is 3. The fourth-order valence-corrected chi connectivity index (χ4v) is 3.78. The lowest BCUT2D eigenvalue weighted by Gasteiger charge is -2.06. The summed E-state index contributed by atoms with van der Waals surface area (Å²) in [7, 11) is 0. The zero-order valence-electron chi connectivity index (χ0n) is 17.4. The second-order valence-electron chi connectivity index (χ2n) is 7.36. The number of amides is 1. The maximum atomic E-state index is 12.5. The SMILES string of the molecule is O=C(/C=C/c1ccc(-c2ccc(Cl)cc2)o1)Nc1cc(-c2nc3cc(Cl)ccc3o2)ccc1Cl. The van der Waals surface area contributed by atoms with Gasteiger partial charge in [-0.3, -0.25) is 4.79 Å². The molecular weight excluding hydrogens is 495 g/mol. The van der Waals surface area contributed by atoms with E-state index < -0.39 is 0 Å². The van der Waals surface area contributed by atoms with E-state index in [2.05, 4.69) is 10.3 Å². The second kappa shape index (κ2) is 9.39. The third kappa shape index (κ3) is 4.87. The number of hydrogen-bond acceptors (Lipinski definition) is 4. The van der Waals surface area contributed by atoms with Gasteiger partial charge < -0.3 is 14.2 Å². The molecule has 0 aliphatic carbocycles. The Morgan fingerprint density at radius 1 is 0.824 bits per heavy atom. The van der Waals surface area contributed by atoms with Crippen LogP contribution >= 0.6 is 34.8 Å². The first-order valence-electron chi connectivity index (χ1n) is 10.2. The molecule has 5 nitrogen and oxygen atoms in total. The van der Waals surface area contributed by atoms with E-state index in [9.17, 15) is 4.79 Å².